The molecule has 0 amide bonds. The molecule has 1 fully saturated rings. The molecule has 0 aliphatic heterocycles. The molecular formula is C12H20N4. The van der Waals surface area contributed by atoms with Crippen LogP contribution in [0.2, 0.25) is 0 Å². The van der Waals surface area contributed by atoms with Crippen molar-refractivity contribution in [3.8, 4) is 0 Å². The van der Waals surface area contributed by atoms with Crippen LogP contribution in [-0.2, 0) is 6.54 Å². The van der Waals surface area contributed by atoms with Crippen LogP contribution in [0, 0.1) is 5.92 Å². The van der Waals surface area contributed by atoms with E-state index in [-0.39, 0.29) is 0 Å². The maximum atomic E-state index is 4.29. The molecule has 0 atom stereocenters. The van der Waals surface area contributed by atoms with E-state index in [0.29, 0.717) is 0 Å². The van der Waals surface area contributed by atoms with Gasteiger partial charge in [0.2, 0.25) is 0 Å². The standard InChI is InChI=1S/C12H20N4/c1-3-16(9-10-4-5-10)12-7-6-11(8-13-2)14-15-12/h6-7,10,13H,3-5,8-9H2,1-2H3. The predicted octanol–water partition coefficient (Wildman–Crippen LogP) is 1.43. The number of anilines is 1. The van der Waals surface area contributed by atoms with Crippen LogP contribution in [0.15, 0.2) is 12.1 Å². The summed E-state index contributed by atoms with van der Waals surface area (Å²) in [5, 5.41) is 11.6. The molecular weight excluding hydrogens is 200 g/mol. The molecule has 0 unspecified atom stereocenters. The van der Waals surface area contributed by atoms with Gasteiger partial charge >= 0.3 is 0 Å². The Labute approximate surface area is 97.1 Å². The first kappa shape index (κ1) is 11.3. The highest BCUT2D eigenvalue weighted by Gasteiger charge is 2.24. The summed E-state index contributed by atoms with van der Waals surface area (Å²) in [7, 11) is 1.92. The van der Waals surface area contributed by atoms with Crippen LogP contribution in [-0.4, -0.2) is 30.3 Å². The first-order valence-corrected chi connectivity index (χ1v) is 6.05. The summed E-state index contributed by atoms with van der Waals surface area (Å²) in [5.74, 6) is 1.90. The van der Waals surface area contributed by atoms with Crippen LogP contribution in [0.3, 0.4) is 0 Å². The van der Waals surface area contributed by atoms with Gasteiger partial charge in [0.25, 0.3) is 0 Å². The van der Waals surface area contributed by atoms with Gasteiger partial charge in [-0.25, -0.2) is 0 Å². The van der Waals surface area contributed by atoms with E-state index in [4.69, 9.17) is 0 Å². The van der Waals surface area contributed by atoms with Gasteiger partial charge in [0.05, 0.1) is 5.69 Å². The Bertz CT molecular complexity index is 318. The Balaban J connectivity index is 1.99. The Hall–Kier alpha value is -1.16. The van der Waals surface area contributed by atoms with Crippen LogP contribution in [0.5, 0.6) is 0 Å². The summed E-state index contributed by atoms with van der Waals surface area (Å²) < 4.78 is 0. The van der Waals surface area contributed by atoms with E-state index >= 15 is 0 Å². The van der Waals surface area contributed by atoms with E-state index in [2.05, 4.69) is 33.4 Å². The summed E-state index contributed by atoms with van der Waals surface area (Å²) in [6.07, 6.45) is 2.75. The molecule has 0 bridgehead atoms. The van der Waals surface area contributed by atoms with Gasteiger partial charge in [-0.05, 0) is 44.9 Å². The first-order chi connectivity index (χ1) is 7.83. The zero-order valence-electron chi connectivity index (χ0n) is 10.1. The number of nitrogens with zero attached hydrogens (tertiary/aromatic N) is 3. The molecule has 0 aromatic carbocycles. The van der Waals surface area contributed by atoms with Crippen molar-refractivity contribution in [3.05, 3.63) is 17.8 Å². The van der Waals surface area contributed by atoms with Crippen LogP contribution >= 0.6 is 0 Å². The van der Waals surface area contributed by atoms with Crippen molar-refractivity contribution >= 4 is 5.82 Å². The molecule has 4 heteroatoms. The highest BCUT2D eigenvalue weighted by Crippen LogP contribution is 2.30. The monoisotopic (exact) mass is 220 g/mol. The van der Waals surface area contributed by atoms with Gasteiger partial charge in [-0.15, -0.1) is 5.10 Å². The number of hydrogen-bond donors (Lipinski definition) is 1. The van der Waals surface area contributed by atoms with Gasteiger partial charge < -0.3 is 10.2 Å². The minimum Gasteiger partial charge on any atom is -0.355 e. The van der Waals surface area contributed by atoms with Gasteiger partial charge in [-0.2, -0.15) is 5.10 Å². The number of aromatic nitrogens is 2. The molecule has 1 aromatic rings. The summed E-state index contributed by atoms with van der Waals surface area (Å²) >= 11 is 0. The molecule has 1 saturated carbocycles. The minimum absolute atomic E-state index is 0.780. The Morgan fingerprint density at radius 3 is 2.69 bits per heavy atom. The Kier molecular flexibility index (Phi) is 3.72. The molecule has 1 aromatic heterocycles. The van der Waals surface area contributed by atoms with E-state index in [0.717, 1.165) is 37.1 Å². The second-order valence-electron chi connectivity index (χ2n) is 4.40. The quantitative estimate of drug-likeness (QED) is 0.787. The van der Waals surface area contributed by atoms with E-state index in [1.54, 1.807) is 0 Å². The molecule has 4 nitrogen and oxygen atoms in total. The van der Waals surface area contributed by atoms with Crippen molar-refractivity contribution in [3.63, 3.8) is 0 Å². The largest absolute Gasteiger partial charge is 0.355 e. The summed E-state index contributed by atoms with van der Waals surface area (Å²) in [4.78, 5) is 2.31. The molecule has 88 valence electrons. The minimum atomic E-state index is 0.780. The number of nitrogens with one attached hydrogen (secondary N) is 1. The van der Waals surface area contributed by atoms with E-state index < -0.39 is 0 Å². The fourth-order valence-corrected chi connectivity index (χ4v) is 1.79. The van der Waals surface area contributed by atoms with Gasteiger partial charge in [-0.3, -0.25) is 0 Å². The second-order valence-corrected chi connectivity index (χ2v) is 4.40. The fraction of sp³-hybridized carbons (Fsp3) is 0.667. The maximum Gasteiger partial charge on any atom is 0.151 e. The zero-order valence-corrected chi connectivity index (χ0v) is 10.1. The van der Waals surface area contributed by atoms with Crippen molar-refractivity contribution in [1.29, 1.82) is 0 Å². The lowest BCUT2D eigenvalue weighted by atomic mass is 10.3. The summed E-state index contributed by atoms with van der Waals surface area (Å²) in [5.41, 5.74) is 0.994. The average molecular weight is 220 g/mol. The van der Waals surface area contributed by atoms with Crippen molar-refractivity contribution < 1.29 is 0 Å². The van der Waals surface area contributed by atoms with Crippen LogP contribution in [0.25, 0.3) is 0 Å². The Morgan fingerprint density at radius 1 is 1.38 bits per heavy atom. The van der Waals surface area contributed by atoms with Gasteiger partial charge in [0.1, 0.15) is 0 Å². The van der Waals surface area contributed by atoms with Crippen molar-refractivity contribution in [2.75, 3.05) is 25.0 Å². The maximum absolute atomic E-state index is 4.29. The lowest BCUT2D eigenvalue weighted by Crippen LogP contribution is -2.26. The Morgan fingerprint density at radius 2 is 2.19 bits per heavy atom. The topological polar surface area (TPSA) is 41.0 Å². The van der Waals surface area contributed by atoms with Crippen LogP contribution < -0.4 is 10.2 Å². The molecule has 2 rings (SSSR count). The zero-order chi connectivity index (χ0) is 11.4. The third-order valence-corrected chi connectivity index (χ3v) is 2.94. The lowest BCUT2D eigenvalue weighted by molar-refractivity contribution is 0.712. The first-order valence-electron chi connectivity index (χ1n) is 6.05. The normalized spacial score (nSPS) is 15.1. The molecule has 1 aliphatic rings. The van der Waals surface area contributed by atoms with Gasteiger partial charge in [0, 0.05) is 19.6 Å². The lowest BCUT2D eigenvalue weighted by Gasteiger charge is -2.21. The van der Waals surface area contributed by atoms with E-state index in [1.807, 2.05) is 13.1 Å². The average Bonchev–Trinajstić information content (AvgIpc) is 3.11. The highest BCUT2D eigenvalue weighted by atomic mass is 15.3. The van der Waals surface area contributed by atoms with Gasteiger partial charge in [0.15, 0.2) is 5.82 Å². The fourth-order valence-electron chi connectivity index (χ4n) is 1.79. The van der Waals surface area contributed by atoms with Crippen LogP contribution in [0.1, 0.15) is 25.5 Å². The molecule has 16 heavy (non-hydrogen) atoms. The van der Waals surface area contributed by atoms with Crippen molar-refractivity contribution in [1.82, 2.24) is 15.5 Å². The van der Waals surface area contributed by atoms with E-state index in [9.17, 15) is 0 Å². The molecule has 1 N–H and O–H groups in total. The number of rotatable bonds is 6. The third kappa shape index (κ3) is 2.92. The molecule has 1 aliphatic carbocycles. The molecule has 1 heterocycles. The molecule has 0 spiro atoms. The molecule has 0 saturated heterocycles. The van der Waals surface area contributed by atoms with Crippen molar-refractivity contribution in [2.24, 2.45) is 5.92 Å². The van der Waals surface area contributed by atoms with Gasteiger partial charge in [-0.1, -0.05) is 0 Å². The second kappa shape index (κ2) is 5.25. The highest BCUT2D eigenvalue weighted by molar-refractivity contribution is 5.37. The third-order valence-electron chi connectivity index (χ3n) is 2.94. The molecule has 0 radical (unpaired) electrons. The summed E-state index contributed by atoms with van der Waals surface area (Å²) in [6, 6.07) is 4.12. The van der Waals surface area contributed by atoms with Crippen molar-refractivity contribution in [2.45, 2.75) is 26.3 Å². The number of hydrogen-bond acceptors (Lipinski definition) is 4. The van der Waals surface area contributed by atoms with E-state index in [1.165, 1.54) is 12.8 Å². The predicted molar refractivity (Wildman–Crippen MR) is 65.4 cm³/mol. The SMILES string of the molecule is CCN(CC1CC1)c1ccc(CNC)nn1. The smallest absolute Gasteiger partial charge is 0.151 e. The summed E-state index contributed by atoms with van der Waals surface area (Å²) in [6.45, 7) is 5.10. The van der Waals surface area contributed by atoms with Crippen LogP contribution in [0.4, 0.5) is 5.82 Å².